The van der Waals surface area contributed by atoms with Gasteiger partial charge in [-0.2, -0.15) is 0 Å². The molecule has 0 aromatic heterocycles. The van der Waals surface area contributed by atoms with Crippen LogP contribution in [0.1, 0.15) is 28.3 Å². The zero-order valence-corrected chi connectivity index (χ0v) is 15.2. The van der Waals surface area contributed by atoms with Crippen LogP contribution in [-0.2, 0) is 6.42 Å². The maximum absolute atomic E-state index is 13.1. The summed E-state index contributed by atoms with van der Waals surface area (Å²) in [6.07, 6.45) is 0.815. The first-order valence-electron chi connectivity index (χ1n) is 9.09. The van der Waals surface area contributed by atoms with Crippen LogP contribution < -0.4 is 5.32 Å². The Kier molecular flexibility index (Phi) is 4.63. The third kappa shape index (κ3) is 3.56. The van der Waals surface area contributed by atoms with Gasteiger partial charge in [0.2, 0.25) is 0 Å². The Morgan fingerprint density at radius 2 is 1.70 bits per heavy atom. The van der Waals surface area contributed by atoms with E-state index in [4.69, 9.17) is 0 Å². The van der Waals surface area contributed by atoms with E-state index in [1.165, 1.54) is 23.3 Å². The van der Waals surface area contributed by atoms with Crippen molar-refractivity contribution < 1.29 is 9.18 Å². The summed E-state index contributed by atoms with van der Waals surface area (Å²) in [7, 11) is 0. The molecule has 136 valence electrons. The van der Waals surface area contributed by atoms with E-state index in [0.717, 1.165) is 17.5 Å². The van der Waals surface area contributed by atoms with Gasteiger partial charge < -0.3 is 10.2 Å². The summed E-state index contributed by atoms with van der Waals surface area (Å²) < 4.78 is 13.1. The molecule has 4 rings (SSSR count). The second-order valence-electron chi connectivity index (χ2n) is 6.89. The van der Waals surface area contributed by atoms with Gasteiger partial charge in [-0.05, 0) is 54.3 Å². The molecule has 0 fully saturated rings. The normalized spacial score (nSPS) is 15.9. The standard InChI is InChI=1S/C23H21FN2O/c1-16-6-8-18(9-7-16)22-21-5-3-2-4-17(21)14-15-26(22)23(27)25-20-12-10-19(24)11-13-20/h2-13,22H,14-15H2,1H3,(H,25,27). The van der Waals surface area contributed by atoms with Crippen molar-refractivity contribution in [2.24, 2.45) is 0 Å². The van der Waals surface area contributed by atoms with E-state index in [1.807, 2.05) is 17.0 Å². The number of halogens is 1. The fourth-order valence-electron chi connectivity index (χ4n) is 3.62. The molecule has 27 heavy (non-hydrogen) atoms. The first-order chi connectivity index (χ1) is 13.1. The Hall–Kier alpha value is -3.14. The molecule has 0 aliphatic carbocycles. The highest BCUT2D eigenvalue weighted by Gasteiger charge is 2.31. The molecule has 2 amide bonds. The molecule has 4 heteroatoms. The van der Waals surface area contributed by atoms with Gasteiger partial charge in [-0.1, -0.05) is 54.1 Å². The molecule has 0 bridgehead atoms. The molecule has 0 saturated heterocycles. The number of anilines is 1. The first kappa shape index (κ1) is 17.3. The summed E-state index contributed by atoms with van der Waals surface area (Å²) >= 11 is 0. The number of benzene rings is 3. The van der Waals surface area contributed by atoms with Crippen LogP contribution in [0.2, 0.25) is 0 Å². The van der Waals surface area contributed by atoms with E-state index in [1.54, 1.807) is 12.1 Å². The molecule has 3 aromatic carbocycles. The van der Waals surface area contributed by atoms with E-state index in [0.29, 0.717) is 12.2 Å². The van der Waals surface area contributed by atoms with Crippen LogP contribution in [0.15, 0.2) is 72.8 Å². The van der Waals surface area contributed by atoms with Crippen molar-refractivity contribution in [1.82, 2.24) is 4.90 Å². The number of hydrogen-bond donors (Lipinski definition) is 1. The van der Waals surface area contributed by atoms with Crippen molar-refractivity contribution in [3.63, 3.8) is 0 Å². The van der Waals surface area contributed by atoms with Crippen molar-refractivity contribution in [3.8, 4) is 0 Å². The summed E-state index contributed by atoms with van der Waals surface area (Å²) in [5.41, 5.74) is 5.28. The molecule has 3 nitrogen and oxygen atoms in total. The largest absolute Gasteiger partial charge is 0.322 e. The van der Waals surface area contributed by atoms with E-state index in [9.17, 15) is 9.18 Å². The van der Waals surface area contributed by atoms with Gasteiger partial charge >= 0.3 is 6.03 Å². The van der Waals surface area contributed by atoms with Crippen molar-refractivity contribution >= 4 is 11.7 Å². The van der Waals surface area contributed by atoms with Gasteiger partial charge in [0.25, 0.3) is 0 Å². The summed E-state index contributed by atoms with van der Waals surface area (Å²) in [5.74, 6) is -0.322. The van der Waals surface area contributed by atoms with Gasteiger partial charge in [-0.15, -0.1) is 0 Å². The lowest BCUT2D eigenvalue weighted by Crippen LogP contribution is -2.43. The molecule has 0 saturated carbocycles. The Morgan fingerprint density at radius 3 is 2.44 bits per heavy atom. The first-order valence-corrected chi connectivity index (χ1v) is 9.09. The van der Waals surface area contributed by atoms with E-state index in [-0.39, 0.29) is 17.9 Å². The summed E-state index contributed by atoms with van der Waals surface area (Å²) in [4.78, 5) is 14.9. The third-order valence-electron chi connectivity index (χ3n) is 5.03. The number of nitrogens with one attached hydrogen (secondary N) is 1. The van der Waals surface area contributed by atoms with Crippen LogP contribution in [0, 0.1) is 12.7 Å². The molecule has 3 aromatic rings. The predicted molar refractivity (Wildman–Crippen MR) is 105 cm³/mol. The van der Waals surface area contributed by atoms with Crippen LogP contribution in [0.5, 0.6) is 0 Å². The number of hydrogen-bond acceptors (Lipinski definition) is 1. The highest BCUT2D eigenvalue weighted by Crippen LogP contribution is 2.35. The minimum Gasteiger partial charge on any atom is -0.313 e. The molecule has 1 aliphatic heterocycles. The van der Waals surface area contributed by atoms with Crippen LogP contribution in [0.25, 0.3) is 0 Å². The van der Waals surface area contributed by atoms with Crippen LogP contribution in [-0.4, -0.2) is 17.5 Å². The van der Waals surface area contributed by atoms with E-state index in [2.05, 4.69) is 48.6 Å². The van der Waals surface area contributed by atoms with Gasteiger partial charge in [-0.25, -0.2) is 9.18 Å². The zero-order chi connectivity index (χ0) is 18.8. The molecule has 1 heterocycles. The Bertz CT molecular complexity index is 951. The Morgan fingerprint density at radius 1 is 1.00 bits per heavy atom. The number of carbonyl (C=O) groups is 1. The number of fused-ring (bicyclic) bond motifs is 1. The molecule has 0 spiro atoms. The molecular weight excluding hydrogens is 339 g/mol. The van der Waals surface area contributed by atoms with Crippen LogP contribution >= 0.6 is 0 Å². The van der Waals surface area contributed by atoms with Gasteiger partial charge in [0.05, 0.1) is 6.04 Å². The predicted octanol–water partition coefficient (Wildman–Crippen LogP) is 5.31. The number of amides is 2. The maximum Gasteiger partial charge on any atom is 0.322 e. The summed E-state index contributed by atoms with van der Waals surface area (Å²) in [6, 6.07) is 22.1. The van der Waals surface area contributed by atoms with Crippen molar-refractivity contribution in [2.75, 3.05) is 11.9 Å². The second kappa shape index (κ2) is 7.23. The molecule has 1 aliphatic rings. The molecule has 1 N–H and O–H groups in total. The van der Waals surface area contributed by atoms with Gasteiger partial charge in [-0.3, -0.25) is 0 Å². The smallest absolute Gasteiger partial charge is 0.313 e. The summed E-state index contributed by atoms with van der Waals surface area (Å²) in [6.45, 7) is 2.68. The molecule has 1 atom stereocenters. The lowest BCUT2D eigenvalue weighted by Gasteiger charge is -2.37. The topological polar surface area (TPSA) is 32.3 Å². The lowest BCUT2D eigenvalue weighted by atomic mass is 9.88. The van der Waals surface area contributed by atoms with E-state index < -0.39 is 0 Å². The van der Waals surface area contributed by atoms with Crippen molar-refractivity contribution in [1.29, 1.82) is 0 Å². The molecule has 0 radical (unpaired) electrons. The number of urea groups is 1. The average Bonchev–Trinajstić information content (AvgIpc) is 2.69. The van der Waals surface area contributed by atoms with Gasteiger partial charge in [0.1, 0.15) is 5.82 Å². The number of aryl methyl sites for hydroxylation is 1. The number of carbonyl (C=O) groups excluding carboxylic acids is 1. The molecular formula is C23H21FN2O. The van der Waals surface area contributed by atoms with Crippen LogP contribution in [0.3, 0.4) is 0 Å². The van der Waals surface area contributed by atoms with Crippen LogP contribution in [0.4, 0.5) is 14.9 Å². The monoisotopic (exact) mass is 360 g/mol. The summed E-state index contributed by atoms with van der Waals surface area (Å²) in [5, 5.41) is 2.90. The van der Waals surface area contributed by atoms with Crippen molar-refractivity contribution in [3.05, 3.63) is 101 Å². The third-order valence-corrected chi connectivity index (χ3v) is 5.03. The number of nitrogens with zero attached hydrogens (tertiary/aromatic N) is 1. The quantitative estimate of drug-likeness (QED) is 0.660. The fraction of sp³-hybridized carbons (Fsp3) is 0.174. The fourth-order valence-corrected chi connectivity index (χ4v) is 3.62. The molecule has 1 unspecified atom stereocenters. The zero-order valence-electron chi connectivity index (χ0n) is 15.2. The van der Waals surface area contributed by atoms with Crippen molar-refractivity contribution in [2.45, 2.75) is 19.4 Å². The average molecular weight is 360 g/mol. The highest BCUT2D eigenvalue weighted by atomic mass is 19.1. The van der Waals surface area contributed by atoms with Gasteiger partial charge in [0, 0.05) is 12.2 Å². The minimum absolute atomic E-state index is 0.143. The Balaban J connectivity index is 1.68. The lowest BCUT2D eigenvalue weighted by molar-refractivity contribution is 0.194. The van der Waals surface area contributed by atoms with E-state index >= 15 is 0 Å². The Labute approximate surface area is 158 Å². The highest BCUT2D eigenvalue weighted by molar-refractivity contribution is 5.90. The number of rotatable bonds is 2. The minimum atomic E-state index is -0.322. The SMILES string of the molecule is Cc1ccc(C2c3ccccc3CCN2C(=O)Nc2ccc(F)cc2)cc1. The van der Waals surface area contributed by atoms with Gasteiger partial charge in [0.15, 0.2) is 0 Å². The second-order valence-corrected chi connectivity index (χ2v) is 6.89. The maximum atomic E-state index is 13.1.